The van der Waals surface area contributed by atoms with Crippen molar-refractivity contribution in [3.63, 3.8) is 0 Å². The van der Waals surface area contributed by atoms with E-state index in [1.807, 2.05) is 0 Å². The predicted molar refractivity (Wildman–Crippen MR) is 182 cm³/mol. The first-order chi connectivity index (χ1) is 24.1. The predicted octanol–water partition coefficient (Wildman–Crippen LogP) is 5.57. The topological polar surface area (TPSA) is 174 Å². The van der Waals surface area contributed by atoms with Crippen LogP contribution in [0.25, 0.3) is 21.9 Å². The first-order valence-corrected chi connectivity index (χ1v) is 17.5. The molecule has 276 valence electrons. The minimum absolute atomic E-state index is 0.0242. The Kier molecular flexibility index (Phi) is 6.58. The van der Waals surface area contributed by atoms with Gasteiger partial charge in [0, 0.05) is 16.9 Å². The van der Waals surface area contributed by atoms with Crippen LogP contribution in [0.4, 0.5) is 0 Å². The molecule has 2 saturated carbocycles. The van der Waals surface area contributed by atoms with Gasteiger partial charge >= 0.3 is 23.9 Å². The van der Waals surface area contributed by atoms with E-state index in [1.54, 1.807) is 55.4 Å². The van der Waals surface area contributed by atoms with Gasteiger partial charge in [0.05, 0.1) is 23.5 Å². The lowest BCUT2D eigenvalue weighted by molar-refractivity contribution is -0.217. The van der Waals surface area contributed by atoms with Crippen LogP contribution in [0.3, 0.4) is 0 Å². The van der Waals surface area contributed by atoms with Crippen LogP contribution < -0.4 is 14.9 Å². The van der Waals surface area contributed by atoms with Crippen molar-refractivity contribution in [2.45, 2.75) is 110 Å². The number of phenolic OH excluding ortho intramolecular Hbond substituents is 1. The Hall–Kier alpha value is -4.81. The number of phenols is 1. The van der Waals surface area contributed by atoms with Gasteiger partial charge < -0.3 is 37.9 Å². The Morgan fingerprint density at radius 2 is 1.33 bits per heavy atom. The van der Waals surface area contributed by atoms with Crippen LogP contribution >= 0.6 is 0 Å². The van der Waals surface area contributed by atoms with Gasteiger partial charge in [0.2, 0.25) is 16.6 Å². The average molecular weight is 719 g/mol. The fourth-order valence-electron chi connectivity index (χ4n) is 9.54. The van der Waals surface area contributed by atoms with Crippen molar-refractivity contribution in [3.8, 4) is 17.2 Å². The SMILES string of the molecule is COc1cc2c(c3oc4cccc(O)c4c(=O)c13)[C@@H](OC(=O)C13CCC(C)(C(=O)O1)C3(C)C)[C@@H](OC(=O)C13CCC(C)(C(=O)O1)C3(C)C)C(C)(C)O2. The van der Waals surface area contributed by atoms with Crippen LogP contribution in [0.5, 0.6) is 17.2 Å². The lowest BCUT2D eigenvalue weighted by atomic mass is 9.66. The molecule has 2 saturated heterocycles. The molecule has 4 heterocycles. The molecule has 4 bridgehead atoms. The number of ether oxygens (including phenoxy) is 6. The summed E-state index contributed by atoms with van der Waals surface area (Å²) in [5.41, 5.74) is -9.20. The molecule has 0 amide bonds. The molecule has 0 radical (unpaired) electrons. The van der Waals surface area contributed by atoms with Crippen molar-refractivity contribution in [1.29, 1.82) is 0 Å². The van der Waals surface area contributed by atoms with E-state index >= 15 is 0 Å². The molecule has 8 rings (SSSR count). The fourth-order valence-corrected chi connectivity index (χ4v) is 9.54. The molecule has 3 aromatic rings. The lowest BCUT2D eigenvalue weighted by Crippen LogP contribution is -2.57. The van der Waals surface area contributed by atoms with E-state index in [1.165, 1.54) is 31.4 Å². The second kappa shape index (κ2) is 9.99. The Morgan fingerprint density at radius 3 is 1.83 bits per heavy atom. The highest BCUT2D eigenvalue weighted by atomic mass is 16.7. The number of carbonyl (C=O) groups excluding carboxylic acids is 4. The number of esters is 4. The van der Waals surface area contributed by atoms with Crippen LogP contribution in [0.15, 0.2) is 33.5 Å². The Labute approximate surface area is 298 Å². The molecule has 0 spiro atoms. The zero-order valence-electron chi connectivity index (χ0n) is 30.6. The van der Waals surface area contributed by atoms with Crippen LogP contribution in [0.1, 0.15) is 92.7 Å². The van der Waals surface area contributed by atoms with Crippen molar-refractivity contribution in [2.75, 3.05) is 7.11 Å². The largest absolute Gasteiger partial charge is 0.507 e. The second-order valence-electron chi connectivity index (χ2n) is 17.0. The molecular formula is C39H42O13. The molecule has 13 nitrogen and oxygen atoms in total. The standard InChI is InChI=1S/C39H42O13/c1-33(2)28(49-32(45)39-16-14-37(8,30(43)52-39)35(39,5)6)27(48-31(44)38-15-13-36(7,29(42)51-38)34(38,3)4)24-21(50-33)17-20(46-9)23-25(41)22-18(40)11-10-12-19(22)47-26(23)24/h10-12,17,27-28,40H,13-16H2,1-9H3/t27-,28-,36?,37?,38?,39?/m1/s1. The third-order valence-corrected chi connectivity index (χ3v) is 14.0. The van der Waals surface area contributed by atoms with Crippen molar-refractivity contribution in [2.24, 2.45) is 21.7 Å². The minimum Gasteiger partial charge on any atom is -0.507 e. The lowest BCUT2D eigenvalue weighted by Gasteiger charge is -2.46. The third kappa shape index (κ3) is 3.71. The number of benzene rings is 2. The van der Waals surface area contributed by atoms with E-state index in [9.17, 15) is 29.1 Å². The highest BCUT2D eigenvalue weighted by Crippen LogP contribution is 2.68. The molecule has 4 fully saturated rings. The maximum Gasteiger partial charge on any atom is 0.351 e. The van der Waals surface area contributed by atoms with Gasteiger partial charge in [0.1, 0.15) is 39.2 Å². The van der Waals surface area contributed by atoms with E-state index < -0.39 is 80.0 Å². The summed E-state index contributed by atoms with van der Waals surface area (Å²) in [4.78, 5) is 69.7. The third-order valence-electron chi connectivity index (χ3n) is 14.0. The molecule has 6 atom stereocenters. The molecule has 2 aromatic carbocycles. The average Bonchev–Trinajstić information content (AvgIpc) is 3.53. The van der Waals surface area contributed by atoms with Crippen LogP contribution in [0, 0.1) is 21.7 Å². The fraction of sp³-hybridized carbons (Fsp3) is 0.564. The quantitative estimate of drug-likeness (QED) is 0.197. The summed E-state index contributed by atoms with van der Waals surface area (Å²) in [6.07, 6.45) is -1.74. The number of rotatable bonds is 5. The van der Waals surface area contributed by atoms with Crippen LogP contribution in [-0.2, 0) is 38.1 Å². The van der Waals surface area contributed by atoms with Crippen molar-refractivity contribution in [3.05, 3.63) is 40.1 Å². The molecule has 1 N–H and O–H groups in total. The molecule has 13 heteroatoms. The zero-order chi connectivity index (χ0) is 37.8. The highest BCUT2D eigenvalue weighted by Gasteiger charge is 2.78. The zero-order valence-corrected chi connectivity index (χ0v) is 30.6. The maximum absolute atomic E-state index is 14.7. The Bertz CT molecular complexity index is 2230. The molecule has 1 aromatic heterocycles. The second-order valence-corrected chi connectivity index (χ2v) is 17.0. The van der Waals surface area contributed by atoms with Crippen molar-refractivity contribution >= 4 is 45.8 Å². The first kappa shape index (κ1) is 34.3. The van der Waals surface area contributed by atoms with Crippen molar-refractivity contribution < 1.29 is 57.1 Å². The summed E-state index contributed by atoms with van der Waals surface area (Å²) in [5, 5.41) is 10.5. The number of hydrogen-bond acceptors (Lipinski definition) is 13. The summed E-state index contributed by atoms with van der Waals surface area (Å²) >= 11 is 0. The molecule has 4 unspecified atom stereocenters. The number of carbonyl (C=O) groups is 4. The van der Waals surface area contributed by atoms with E-state index in [0.29, 0.717) is 12.8 Å². The summed E-state index contributed by atoms with van der Waals surface area (Å²) < 4.78 is 43.0. The number of hydrogen-bond donors (Lipinski definition) is 1. The normalized spacial score (nSPS) is 34.4. The monoisotopic (exact) mass is 718 g/mol. The Balaban J connectivity index is 1.34. The molecule has 5 aliphatic rings. The first-order valence-electron chi connectivity index (χ1n) is 17.5. The summed E-state index contributed by atoms with van der Waals surface area (Å²) in [6, 6.07) is 5.81. The molecule has 2 aliphatic carbocycles. The molecule has 3 aliphatic heterocycles. The van der Waals surface area contributed by atoms with Gasteiger partial charge in [0.25, 0.3) is 0 Å². The minimum atomic E-state index is -1.67. The smallest absolute Gasteiger partial charge is 0.351 e. The number of fused-ring (bicyclic) bond motifs is 8. The number of aromatic hydroxyl groups is 1. The van der Waals surface area contributed by atoms with Gasteiger partial charge in [-0.2, -0.15) is 0 Å². The number of methoxy groups -OCH3 is 1. The van der Waals surface area contributed by atoms with Gasteiger partial charge in [-0.05, 0) is 65.5 Å². The van der Waals surface area contributed by atoms with Crippen molar-refractivity contribution in [1.82, 2.24) is 0 Å². The Morgan fingerprint density at radius 1 is 0.769 bits per heavy atom. The van der Waals surface area contributed by atoms with Crippen LogP contribution in [0.2, 0.25) is 0 Å². The summed E-state index contributed by atoms with van der Waals surface area (Å²) in [5.74, 6) is -2.88. The summed E-state index contributed by atoms with van der Waals surface area (Å²) in [6.45, 7) is 14.0. The van der Waals surface area contributed by atoms with E-state index in [4.69, 9.17) is 32.8 Å². The van der Waals surface area contributed by atoms with Gasteiger partial charge in [0.15, 0.2) is 17.8 Å². The summed E-state index contributed by atoms with van der Waals surface area (Å²) in [7, 11) is 1.36. The maximum atomic E-state index is 14.7. The van der Waals surface area contributed by atoms with Gasteiger partial charge in [-0.25, -0.2) is 9.59 Å². The van der Waals surface area contributed by atoms with E-state index in [0.717, 1.165) is 0 Å². The highest BCUT2D eigenvalue weighted by molar-refractivity contribution is 5.99. The van der Waals surface area contributed by atoms with E-state index in [2.05, 4.69) is 0 Å². The molecule has 52 heavy (non-hydrogen) atoms. The van der Waals surface area contributed by atoms with Gasteiger partial charge in [-0.1, -0.05) is 33.8 Å². The van der Waals surface area contributed by atoms with E-state index in [-0.39, 0.29) is 57.6 Å². The van der Waals surface area contributed by atoms with Gasteiger partial charge in [-0.3, -0.25) is 14.4 Å². The van der Waals surface area contributed by atoms with Gasteiger partial charge in [-0.15, -0.1) is 0 Å². The molecular weight excluding hydrogens is 676 g/mol. The van der Waals surface area contributed by atoms with Crippen LogP contribution in [-0.4, -0.2) is 59.0 Å².